The van der Waals surface area contributed by atoms with E-state index in [0.29, 0.717) is 5.69 Å². The van der Waals surface area contributed by atoms with E-state index in [1.165, 1.54) is 7.11 Å². The summed E-state index contributed by atoms with van der Waals surface area (Å²) in [4.78, 5) is 16.1. The molecule has 2 aromatic heterocycles. The van der Waals surface area contributed by atoms with Gasteiger partial charge < -0.3 is 14.5 Å². The Morgan fingerprint density at radius 3 is 2.94 bits per heavy atom. The maximum Gasteiger partial charge on any atom is 0.358 e. The number of hydrogen-bond donors (Lipinski definition) is 1. The monoisotopic (exact) mass is 311 g/mol. The predicted octanol–water partition coefficient (Wildman–Crippen LogP) is 2.16. The Morgan fingerprint density at radius 2 is 2.33 bits per heavy atom. The molecule has 2 rings (SSSR count). The van der Waals surface area contributed by atoms with E-state index in [4.69, 9.17) is 4.74 Å². The first-order valence-corrected chi connectivity index (χ1v) is 6.31. The summed E-state index contributed by atoms with van der Waals surface area (Å²) in [5, 5.41) is 3.11. The van der Waals surface area contributed by atoms with Crippen LogP contribution in [0.2, 0.25) is 0 Å². The SMILES string of the molecule is CNC(C)c1nc(C(=O)OC)c2cc(Br)ccn12. The molecule has 0 saturated carbocycles. The molecule has 2 heterocycles. The van der Waals surface area contributed by atoms with Crippen LogP contribution in [-0.2, 0) is 4.74 Å². The summed E-state index contributed by atoms with van der Waals surface area (Å²) in [6, 6.07) is 3.80. The van der Waals surface area contributed by atoms with Gasteiger partial charge in [-0.15, -0.1) is 0 Å². The second-order valence-corrected chi connectivity index (χ2v) is 4.84. The van der Waals surface area contributed by atoms with Crippen molar-refractivity contribution in [2.24, 2.45) is 0 Å². The molecule has 0 spiro atoms. The molecule has 0 amide bonds. The molecule has 5 nitrogen and oxygen atoms in total. The Labute approximate surface area is 113 Å². The molecule has 0 aliphatic rings. The molecular formula is C12H14BrN3O2. The highest BCUT2D eigenvalue weighted by molar-refractivity contribution is 9.10. The number of aromatic nitrogens is 2. The first-order valence-electron chi connectivity index (χ1n) is 5.51. The minimum atomic E-state index is -0.430. The molecule has 0 aliphatic carbocycles. The largest absolute Gasteiger partial charge is 0.464 e. The summed E-state index contributed by atoms with van der Waals surface area (Å²) >= 11 is 3.39. The maximum atomic E-state index is 11.7. The lowest BCUT2D eigenvalue weighted by Crippen LogP contribution is -2.15. The normalized spacial score (nSPS) is 12.7. The molecule has 0 aliphatic heterocycles. The van der Waals surface area contributed by atoms with Gasteiger partial charge in [-0.1, -0.05) is 15.9 Å². The van der Waals surface area contributed by atoms with Gasteiger partial charge in [0.25, 0.3) is 0 Å². The standard InChI is InChI=1S/C12H14BrN3O2/c1-7(14-2)11-15-10(12(17)18-3)9-6-8(13)4-5-16(9)11/h4-7,14H,1-3H3. The summed E-state index contributed by atoms with van der Waals surface area (Å²) in [6.07, 6.45) is 1.88. The van der Waals surface area contributed by atoms with Crippen LogP contribution in [0.25, 0.3) is 5.52 Å². The van der Waals surface area contributed by atoms with Gasteiger partial charge in [-0.2, -0.15) is 0 Å². The Balaban J connectivity index is 2.71. The summed E-state index contributed by atoms with van der Waals surface area (Å²) in [5.41, 5.74) is 1.06. The van der Waals surface area contributed by atoms with Crippen LogP contribution in [0.4, 0.5) is 0 Å². The summed E-state index contributed by atoms with van der Waals surface area (Å²) in [6.45, 7) is 1.98. The van der Waals surface area contributed by atoms with E-state index in [1.54, 1.807) is 0 Å². The molecule has 96 valence electrons. The maximum absolute atomic E-state index is 11.7. The number of fused-ring (bicyclic) bond motifs is 1. The third-order valence-electron chi connectivity index (χ3n) is 2.83. The van der Waals surface area contributed by atoms with Crippen molar-refractivity contribution < 1.29 is 9.53 Å². The zero-order valence-electron chi connectivity index (χ0n) is 10.4. The van der Waals surface area contributed by atoms with Crippen LogP contribution in [0.1, 0.15) is 29.3 Å². The second kappa shape index (κ2) is 5.07. The van der Waals surface area contributed by atoms with Gasteiger partial charge in [0.2, 0.25) is 0 Å². The fourth-order valence-electron chi connectivity index (χ4n) is 1.76. The third-order valence-corrected chi connectivity index (χ3v) is 3.33. The topological polar surface area (TPSA) is 55.6 Å². The number of carbonyl (C=O) groups is 1. The summed E-state index contributed by atoms with van der Waals surface area (Å²) in [7, 11) is 3.20. The fraction of sp³-hybridized carbons (Fsp3) is 0.333. The van der Waals surface area contributed by atoms with Crippen LogP contribution >= 0.6 is 15.9 Å². The number of nitrogens with one attached hydrogen (secondary N) is 1. The van der Waals surface area contributed by atoms with Gasteiger partial charge in [-0.05, 0) is 26.1 Å². The van der Waals surface area contributed by atoms with Crippen LogP contribution in [0.15, 0.2) is 22.8 Å². The molecule has 0 saturated heterocycles. The van der Waals surface area contributed by atoms with Crippen LogP contribution in [0.5, 0.6) is 0 Å². The molecule has 2 aromatic rings. The van der Waals surface area contributed by atoms with Gasteiger partial charge >= 0.3 is 5.97 Å². The van der Waals surface area contributed by atoms with Crippen LogP contribution < -0.4 is 5.32 Å². The van der Waals surface area contributed by atoms with Crippen LogP contribution in [-0.4, -0.2) is 29.5 Å². The smallest absolute Gasteiger partial charge is 0.358 e. The van der Waals surface area contributed by atoms with Crippen molar-refractivity contribution in [3.05, 3.63) is 34.3 Å². The van der Waals surface area contributed by atoms with Gasteiger partial charge in [-0.3, -0.25) is 0 Å². The molecule has 6 heteroatoms. The number of nitrogens with zero attached hydrogens (tertiary/aromatic N) is 2. The van der Waals surface area contributed by atoms with Crippen LogP contribution in [0, 0.1) is 0 Å². The number of hydrogen-bond acceptors (Lipinski definition) is 4. The first-order chi connectivity index (χ1) is 8.58. The van der Waals surface area contributed by atoms with Gasteiger partial charge in [0.15, 0.2) is 5.69 Å². The number of rotatable bonds is 3. The fourth-order valence-corrected chi connectivity index (χ4v) is 2.10. The second-order valence-electron chi connectivity index (χ2n) is 3.92. The van der Waals surface area contributed by atoms with Crippen molar-refractivity contribution in [2.75, 3.05) is 14.2 Å². The van der Waals surface area contributed by atoms with E-state index in [2.05, 4.69) is 26.2 Å². The highest BCUT2D eigenvalue weighted by Crippen LogP contribution is 2.22. The number of carbonyl (C=O) groups excluding carboxylic acids is 1. The highest BCUT2D eigenvalue weighted by atomic mass is 79.9. The van der Waals surface area contributed by atoms with Gasteiger partial charge in [-0.25, -0.2) is 9.78 Å². The lowest BCUT2D eigenvalue weighted by atomic mass is 10.3. The van der Waals surface area contributed by atoms with E-state index < -0.39 is 5.97 Å². The molecule has 1 atom stereocenters. The van der Waals surface area contributed by atoms with E-state index in [-0.39, 0.29) is 6.04 Å². The van der Waals surface area contributed by atoms with Crippen molar-refractivity contribution in [2.45, 2.75) is 13.0 Å². The summed E-state index contributed by atoms with van der Waals surface area (Å²) < 4.78 is 7.54. The van der Waals surface area contributed by atoms with Gasteiger partial charge in [0.05, 0.1) is 18.7 Å². The number of esters is 1. The molecule has 0 radical (unpaired) electrons. The number of methoxy groups -OCH3 is 1. The Bertz CT molecular complexity index is 594. The quantitative estimate of drug-likeness (QED) is 0.883. The van der Waals surface area contributed by atoms with E-state index in [9.17, 15) is 4.79 Å². The zero-order valence-corrected chi connectivity index (χ0v) is 12.0. The molecule has 18 heavy (non-hydrogen) atoms. The number of halogens is 1. The lowest BCUT2D eigenvalue weighted by Gasteiger charge is -2.08. The van der Waals surface area contributed by atoms with Crippen molar-refractivity contribution in [3.8, 4) is 0 Å². The minimum absolute atomic E-state index is 0.0390. The van der Waals surface area contributed by atoms with E-state index in [0.717, 1.165) is 15.8 Å². The Morgan fingerprint density at radius 1 is 1.61 bits per heavy atom. The average molecular weight is 312 g/mol. The molecular weight excluding hydrogens is 298 g/mol. The molecule has 0 bridgehead atoms. The lowest BCUT2D eigenvalue weighted by molar-refractivity contribution is 0.0596. The van der Waals surface area contributed by atoms with Crippen molar-refractivity contribution >= 4 is 27.4 Å². The molecule has 1 N–H and O–H groups in total. The van der Waals surface area contributed by atoms with Gasteiger partial charge in [0.1, 0.15) is 5.82 Å². The molecule has 0 aromatic carbocycles. The Hall–Kier alpha value is -1.40. The molecule has 0 fully saturated rings. The van der Waals surface area contributed by atoms with Crippen molar-refractivity contribution in [1.82, 2.24) is 14.7 Å². The highest BCUT2D eigenvalue weighted by Gasteiger charge is 2.20. The number of pyridine rings is 1. The molecule has 1 unspecified atom stereocenters. The number of ether oxygens (including phenoxy) is 1. The number of imidazole rings is 1. The van der Waals surface area contributed by atoms with Crippen LogP contribution in [0.3, 0.4) is 0 Å². The van der Waals surface area contributed by atoms with Crippen molar-refractivity contribution in [3.63, 3.8) is 0 Å². The predicted molar refractivity (Wildman–Crippen MR) is 71.7 cm³/mol. The average Bonchev–Trinajstić information content (AvgIpc) is 2.75. The first kappa shape index (κ1) is 13.0. The van der Waals surface area contributed by atoms with E-state index in [1.807, 2.05) is 36.7 Å². The Kier molecular flexibility index (Phi) is 3.68. The zero-order chi connectivity index (χ0) is 13.3. The minimum Gasteiger partial charge on any atom is -0.464 e. The van der Waals surface area contributed by atoms with Crippen molar-refractivity contribution in [1.29, 1.82) is 0 Å². The third kappa shape index (κ3) is 2.13. The van der Waals surface area contributed by atoms with Gasteiger partial charge in [0, 0.05) is 10.7 Å². The summed E-state index contributed by atoms with van der Waals surface area (Å²) in [5.74, 6) is 0.348. The van der Waals surface area contributed by atoms with E-state index >= 15 is 0 Å².